The van der Waals surface area contributed by atoms with Gasteiger partial charge in [-0.2, -0.15) is 0 Å². The maximum Gasteiger partial charge on any atom is 0.0544 e. The van der Waals surface area contributed by atoms with Gasteiger partial charge in [0, 0.05) is 11.8 Å². The summed E-state index contributed by atoms with van der Waals surface area (Å²) in [5, 5.41) is 0. The minimum absolute atomic E-state index is 0.864. The molecule has 0 aromatic heterocycles. The fourth-order valence-electron chi connectivity index (χ4n) is 4.53. The van der Waals surface area contributed by atoms with Gasteiger partial charge in [0.25, 0.3) is 0 Å². The van der Waals surface area contributed by atoms with Crippen LogP contribution in [0.5, 0.6) is 0 Å². The normalized spacial score (nSPS) is 23.4. The van der Waals surface area contributed by atoms with Crippen molar-refractivity contribution in [3.8, 4) is 0 Å². The lowest BCUT2D eigenvalue weighted by molar-refractivity contribution is -0.0448. The molecule has 2 atom stereocenters. The van der Waals surface area contributed by atoms with E-state index in [2.05, 4.69) is 26.9 Å². The van der Waals surface area contributed by atoms with E-state index in [1.807, 2.05) is 0 Å². The van der Waals surface area contributed by atoms with E-state index in [1.54, 1.807) is 0 Å². The Kier molecular flexibility index (Phi) is 6.76. The molecule has 0 spiro atoms. The van der Waals surface area contributed by atoms with Gasteiger partial charge in [-0.25, -0.2) is 0 Å². The molecule has 0 aromatic carbocycles. The van der Waals surface area contributed by atoms with E-state index in [9.17, 15) is 0 Å². The van der Waals surface area contributed by atoms with Crippen molar-refractivity contribution in [3.63, 3.8) is 0 Å². The van der Waals surface area contributed by atoms with Gasteiger partial charge >= 0.3 is 0 Å². The van der Waals surface area contributed by atoms with Crippen LogP contribution in [0.4, 0.5) is 0 Å². The van der Waals surface area contributed by atoms with Crippen molar-refractivity contribution in [2.24, 2.45) is 11.8 Å². The second-order valence-corrected chi connectivity index (χ2v) is 13.0. The van der Waals surface area contributed by atoms with Gasteiger partial charge in [0.2, 0.25) is 0 Å². The zero-order valence-electron chi connectivity index (χ0n) is 14.7. The van der Waals surface area contributed by atoms with Crippen molar-refractivity contribution in [2.45, 2.75) is 76.5 Å². The number of hydrogen-bond donors (Lipinski definition) is 0. The van der Waals surface area contributed by atoms with Crippen LogP contribution in [0, 0.1) is 11.8 Å². The number of ether oxygens (including phenoxy) is 2. The van der Waals surface area contributed by atoms with Crippen molar-refractivity contribution in [1.29, 1.82) is 0 Å². The molecule has 0 aromatic rings. The summed E-state index contributed by atoms with van der Waals surface area (Å²) in [7, 11) is -1.26. The maximum atomic E-state index is 5.55. The molecule has 2 aliphatic heterocycles. The summed E-state index contributed by atoms with van der Waals surface area (Å²) in [5.41, 5.74) is 1.93. The average molecular weight is 313 g/mol. The molecule has 2 nitrogen and oxygen atoms in total. The third-order valence-corrected chi connectivity index (χ3v) is 11.5. The summed E-state index contributed by atoms with van der Waals surface area (Å²) in [6, 6.07) is 0. The third kappa shape index (κ3) is 4.11. The highest BCUT2D eigenvalue weighted by molar-refractivity contribution is 6.80. The lowest BCUT2D eigenvalue weighted by Crippen LogP contribution is -2.51. The first-order chi connectivity index (χ1) is 10.1. The maximum absolute atomic E-state index is 5.55. The molecule has 0 N–H and O–H groups in total. The van der Waals surface area contributed by atoms with E-state index in [0.717, 1.165) is 49.3 Å². The fourth-order valence-corrected chi connectivity index (χ4v) is 9.79. The molecule has 2 aliphatic rings. The Morgan fingerprint density at radius 1 is 0.810 bits per heavy atom. The molecule has 0 amide bonds. The Morgan fingerprint density at radius 3 is 1.43 bits per heavy atom. The zero-order chi connectivity index (χ0) is 15.3. The first-order valence-corrected chi connectivity index (χ1v) is 12.4. The number of unbranched alkanes of at least 4 members (excludes halogenated alkanes) is 2. The summed E-state index contributed by atoms with van der Waals surface area (Å²) in [6.45, 7) is 14.2. The van der Waals surface area contributed by atoms with E-state index in [1.165, 1.54) is 38.5 Å². The molecule has 0 bridgehead atoms. The average Bonchev–Trinajstić information content (AvgIpc) is 2.34. The SMILES string of the molecule is CCCCC(C1COC1)[Si](C)(C)C(CCCC)C1COC1. The van der Waals surface area contributed by atoms with Crippen molar-refractivity contribution in [3.05, 3.63) is 0 Å². The highest BCUT2D eigenvalue weighted by Gasteiger charge is 2.48. The van der Waals surface area contributed by atoms with E-state index in [0.29, 0.717) is 0 Å². The minimum atomic E-state index is -1.26. The topological polar surface area (TPSA) is 18.5 Å². The van der Waals surface area contributed by atoms with E-state index in [4.69, 9.17) is 9.47 Å². The van der Waals surface area contributed by atoms with Crippen LogP contribution in [0.2, 0.25) is 24.2 Å². The van der Waals surface area contributed by atoms with Crippen molar-refractivity contribution >= 4 is 8.07 Å². The highest BCUT2D eigenvalue weighted by atomic mass is 28.3. The van der Waals surface area contributed by atoms with E-state index in [-0.39, 0.29) is 0 Å². The first-order valence-electron chi connectivity index (χ1n) is 9.26. The minimum Gasteiger partial charge on any atom is -0.381 e. The summed E-state index contributed by atoms with van der Waals surface area (Å²) >= 11 is 0. The smallest absolute Gasteiger partial charge is 0.0544 e. The van der Waals surface area contributed by atoms with Gasteiger partial charge in [0.15, 0.2) is 0 Å². The molecule has 2 rings (SSSR count). The van der Waals surface area contributed by atoms with Crippen molar-refractivity contribution < 1.29 is 9.47 Å². The quantitative estimate of drug-likeness (QED) is 0.522. The molecule has 0 saturated carbocycles. The van der Waals surface area contributed by atoms with Gasteiger partial charge in [0.1, 0.15) is 0 Å². The zero-order valence-corrected chi connectivity index (χ0v) is 15.7. The van der Waals surface area contributed by atoms with Gasteiger partial charge in [-0.15, -0.1) is 0 Å². The predicted octanol–water partition coefficient (Wildman–Crippen LogP) is 5.11. The molecule has 124 valence electrons. The van der Waals surface area contributed by atoms with Gasteiger partial charge in [-0.1, -0.05) is 65.5 Å². The molecule has 0 radical (unpaired) electrons. The van der Waals surface area contributed by atoms with Crippen LogP contribution in [-0.2, 0) is 9.47 Å². The van der Waals surface area contributed by atoms with Crippen LogP contribution < -0.4 is 0 Å². The molecule has 2 saturated heterocycles. The molecule has 0 aliphatic carbocycles. The summed E-state index contributed by atoms with van der Waals surface area (Å²) in [6.07, 6.45) is 8.36. The predicted molar refractivity (Wildman–Crippen MR) is 92.7 cm³/mol. The Morgan fingerprint density at radius 2 is 1.19 bits per heavy atom. The Bertz CT molecular complexity index is 270. The third-order valence-electron chi connectivity index (χ3n) is 6.11. The van der Waals surface area contributed by atoms with Crippen LogP contribution in [0.1, 0.15) is 52.4 Å². The fraction of sp³-hybridized carbons (Fsp3) is 1.00. The summed E-state index contributed by atoms with van der Waals surface area (Å²) in [5.74, 6) is 1.73. The number of hydrogen-bond acceptors (Lipinski definition) is 2. The van der Waals surface area contributed by atoms with Crippen LogP contribution in [0.15, 0.2) is 0 Å². The van der Waals surface area contributed by atoms with Crippen LogP contribution in [0.3, 0.4) is 0 Å². The van der Waals surface area contributed by atoms with Gasteiger partial charge in [0.05, 0.1) is 34.5 Å². The van der Waals surface area contributed by atoms with Crippen LogP contribution >= 0.6 is 0 Å². The standard InChI is InChI=1S/C18H36O2Si/c1-5-7-9-17(15-11-19-12-15)21(3,4)18(10-8-6-2)16-13-20-14-16/h15-18H,5-14H2,1-4H3. The van der Waals surface area contributed by atoms with Crippen LogP contribution in [0.25, 0.3) is 0 Å². The second kappa shape index (κ2) is 8.12. The van der Waals surface area contributed by atoms with Gasteiger partial charge < -0.3 is 9.47 Å². The summed E-state index contributed by atoms with van der Waals surface area (Å²) < 4.78 is 11.1. The monoisotopic (exact) mass is 312 g/mol. The Balaban J connectivity index is 2.07. The highest BCUT2D eigenvalue weighted by Crippen LogP contribution is 2.49. The molecular weight excluding hydrogens is 276 g/mol. The van der Waals surface area contributed by atoms with E-state index >= 15 is 0 Å². The molecule has 2 heterocycles. The van der Waals surface area contributed by atoms with Gasteiger partial charge in [-0.3, -0.25) is 0 Å². The number of rotatable bonds is 10. The Labute approximate surface area is 133 Å². The molecule has 2 unspecified atom stereocenters. The lowest BCUT2D eigenvalue weighted by atomic mass is 9.98. The molecule has 3 heteroatoms. The molecule has 21 heavy (non-hydrogen) atoms. The molecular formula is C18H36O2Si. The van der Waals surface area contributed by atoms with Crippen molar-refractivity contribution in [1.82, 2.24) is 0 Å². The van der Waals surface area contributed by atoms with Crippen LogP contribution in [-0.4, -0.2) is 34.5 Å². The largest absolute Gasteiger partial charge is 0.381 e. The van der Waals surface area contributed by atoms with Crippen molar-refractivity contribution in [2.75, 3.05) is 26.4 Å². The summed E-state index contributed by atoms with van der Waals surface area (Å²) in [4.78, 5) is 0. The molecule has 2 fully saturated rings. The lowest BCUT2D eigenvalue weighted by Gasteiger charge is -2.50. The van der Waals surface area contributed by atoms with Gasteiger partial charge in [-0.05, 0) is 11.1 Å². The van der Waals surface area contributed by atoms with E-state index < -0.39 is 8.07 Å². The Hall–Kier alpha value is 0.137. The first kappa shape index (κ1) is 17.5. The second-order valence-electron chi connectivity index (χ2n) is 7.91.